The van der Waals surface area contributed by atoms with Crippen molar-refractivity contribution in [2.24, 2.45) is 0 Å². The molecule has 0 amide bonds. The van der Waals surface area contributed by atoms with Crippen molar-refractivity contribution in [3.63, 3.8) is 0 Å². The molecule has 0 aliphatic rings. The topological polar surface area (TPSA) is 35.0 Å². The molecule has 1 aromatic heterocycles. The number of aryl methyl sites for hydroxylation is 1. The Balaban J connectivity index is 2.47. The third-order valence-corrected chi connectivity index (χ3v) is 1.77. The number of nitrogens with zero attached hydrogens (tertiary/aromatic N) is 2. The van der Waals surface area contributed by atoms with Gasteiger partial charge in [-0.25, -0.2) is 9.97 Å². The van der Waals surface area contributed by atoms with E-state index in [4.69, 9.17) is 4.74 Å². The van der Waals surface area contributed by atoms with E-state index >= 15 is 0 Å². The lowest BCUT2D eigenvalue weighted by Gasteiger charge is -1.96. The Morgan fingerprint density at radius 3 is 2.57 bits per heavy atom. The smallest absolute Gasteiger partial charge is 0.127 e. The van der Waals surface area contributed by atoms with Crippen molar-refractivity contribution in [1.82, 2.24) is 9.97 Å². The SMILES string of the molecule is CCOC/C=C/c1cnc(CC)nc1. The molecule has 0 aliphatic carbocycles. The van der Waals surface area contributed by atoms with E-state index in [0.29, 0.717) is 6.61 Å². The van der Waals surface area contributed by atoms with Gasteiger partial charge in [-0.3, -0.25) is 0 Å². The molecular formula is C11H16N2O. The zero-order valence-corrected chi connectivity index (χ0v) is 8.73. The first-order valence-electron chi connectivity index (χ1n) is 4.92. The fourth-order valence-corrected chi connectivity index (χ4v) is 1.00. The molecule has 3 heteroatoms. The summed E-state index contributed by atoms with van der Waals surface area (Å²) in [6, 6.07) is 0. The second-order valence-electron chi connectivity index (χ2n) is 2.85. The monoisotopic (exact) mass is 192 g/mol. The summed E-state index contributed by atoms with van der Waals surface area (Å²) < 4.78 is 5.17. The lowest BCUT2D eigenvalue weighted by molar-refractivity contribution is 0.178. The van der Waals surface area contributed by atoms with Crippen molar-refractivity contribution < 1.29 is 4.74 Å². The third kappa shape index (κ3) is 3.66. The Morgan fingerprint density at radius 1 is 1.29 bits per heavy atom. The van der Waals surface area contributed by atoms with Gasteiger partial charge in [-0.1, -0.05) is 19.1 Å². The molecule has 0 N–H and O–H groups in total. The zero-order chi connectivity index (χ0) is 10.2. The summed E-state index contributed by atoms with van der Waals surface area (Å²) in [7, 11) is 0. The Morgan fingerprint density at radius 2 is 2.00 bits per heavy atom. The van der Waals surface area contributed by atoms with Crippen LogP contribution in [-0.4, -0.2) is 23.2 Å². The van der Waals surface area contributed by atoms with Gasteiger partial charge in [-0.05, 0) is 6.92 Å². The van der Waals surface area contributed by atoms with E-state index in [1.807, 2.05) is 38.4 Å². The number of hydrogen-bond acceptors (Lipinski definition) is 3. The molecule has 1 heterocycles. The standard InChI is InChI=1S/C11H16N2O/c1-3-11-12-8-10(9-13-11)6-5-7-14-4-2/h5-6,8-9H,3-4,7H2,1-2H3/b6-5+. The summed E-state index contributed by atoms with van der Waals surface area (Å²) in [6.07, 6.45) is 8.47. The number of hydrogen-bond donors (Lipinski definition) is 0. The quantitative estimate of drug-likeness (QED) is 0.670. The molecule has 0 aromatic carbocycles. The minimum Gasteiger partial charge on any atom is -0.378 e. The van der Waals surface area contributed by atoms with Gasteiger partial charge in [-0.15, -0.1) is 0 Å². The molecule has 76 valence electrons. The molecule has 1 rings (SSSR count). The van der Waals surface area contributed by atoms with Gasteiger partial charge in [-0.2, -0.15) is 0 Å². The van der Waals surface area contributed by atoms with Gasteiger partial charge in [0.15, 0.2) is 0 Å². The van der Waals surface area contributed by atoms with Crippen molar-refractivity contribution in [1.29, 1.82) is 0 Å². The van der Waals surface area contributed by atoms with Gasteiger partial charge in [0.05, 0.1) is 6.61 Å². The van der Waals surface area contributed by atoms with Crippen LogP contribution in [0.15, 0.2) is 18.5 Å². The summed E-state index contributed by atoms with van der Waals surface area (Å²) in [5, 5.41) is 0. The Labute approximate surface area is 84.8 Å². The molecule has 14 heavy (non-hydrogen) atoms. The summed E-state index contributed by atoms with van der Waals surface area (Å²) in [5.41, 5.74) is 1.02. The van der Waals surface area contributed by atoms with Gasteiger partial charge < -0.3 is 4.74 Å². The maximum Gasteiger partial charge on any atom is 0.127 e. The van der Waals surface area contributed by atoms with Gasteiger partial charge in [0, 0.05) is 31.0 Å². The van der Waals surface area contributed by atoms with Crippen LogP contribution < -0.4 is 0 Å². The Kier molecular flexibility index (Phi) is 4.86. The fourth-order valence-electron chi connectivity index (χ4n) is 1.00. The van der Waals surface area contributed by atoms with Gasteiger partial charge >= 0.3 is 0 Å². The first-order chi connectivity index (χ1) is 6.86. The summed E-state index contributed by atoms with van der Waals surface area (Å²) in [5.74, 6) is 0.881. The van der Waals surface area contributed by atoms with E-state index in [2.05, 4.69) is 9.97 Å². The minimum absolute atomic E-state index is 0.645. The molecule has 0 unspecified atom stereocenters. The number of aromatic nitrogens is 2. The van der Waals surface area contributed by atoms with Crippen LogP contribution in [0.25, 0.3) is 6.08 Å². The van der Waals surface area contributed by atoms with Crippen LogP contribution in [0, 0.1) is 0 Å². The molecule has 3 nitrogen and oxygen atoms in total. The number of rotatable bonds is 5. The van der Waals surface area contributed by atoms with Crippen molar-refractivity contribution in [2.75, 3.05) is 13.2 Å². The van der Waals surface area contributed by atoms with Gasteiger partial charge in [0.2, 0.25) is 0 Å². The fraction of sp³-hybridized carbons (Fsp3) is 0.455. The van der Waals surface area contributed by atoms with Gasteiger partial charge in [0.25, 0.3) is 0 Å². The molecule has 0 bridgehead atoms. The van der Waals surface area contributed by atoms with E-state index in [1.54, 1.807) is 0 Å². The van der Waals surface area contributed by atoms with Gasteiger partial charge in [0.1, 0.15) is 5.82 Å². The van der Waals surface area contributed by atoms with Crippen molar-refractivity contribution in [2.45, 2.75) is 20.3 Å². The van der Waals surface area contributed by atoms with E-state index in [1.165, 1.54) is 0 Å². The minimum atomic E-state index is 0.645. The maximum absolute atomic E-state index is 5.17. The molecule has 0 radical (unpaired) electrons. The van der Waals surface area contributed by atoms with Crippen molar-refractivity contribution in [3.8, 4) is 0 Å². The van der Waals surface area contributed by atoms with E-state index in [9.17, 15) is 0 Å². The van der Waals surface area contributed by atoms with Crippen molar-refractivity contribution >= 4 is 6.08 Å². The Hall–Kier alpha value is -1.22. The lowest BCUT2D eigenvalue weighted by Crippen LogP contribution is -1.92. The maximum atomic E-state index is 5.17. The highest BCUT2D eigenvalue weighted by Crippen LogP contribution is 1.99. The highest BCUT2D eigenvalue weighted by Gasteiger charge is 1.91. The van der Waals surface area contributed by atoms with Crippen LogP contribution in [-0.2, 0) is 11.2 Å². The van der Waals surface area contributed by atoms with Crippen molar-refractivity contribution in [3.05, 3.63) is 29.9 Å². The highest BCUT2D eigenvalue weighted by molar-refractivity contribution is 5.46. The first kappa shape index (κ1) is 10.9. The van der Waals surface area contributed by atoms with E-state index in [-0.39, 0.29) is 0 Å². The van der Waals surface area contributed by atoms with Crippen LogP contribution >= 0.6 is 0 Å². The largest absolute Gasteiger partial charge is 0.378 e. The van der Waals surface area contributed by atoms with Crippen LogP contribution in [0.5, 0.6) is 0 Å². The van der Waals surface area contributed by atoms with E-state index < -0.39 is 0 Å². The predicted octanol–water partition coefficient (Wildman–Crippen LogP) is 2.09. The predicted molar refractivity (Wildman–Crippen MR) is 56.9 cm³/mol. The second-order valence-corrected chi connectivity index (χ2v) is 2.85. The molecule has 0 saturated carbocycles. The molecule has 1 aromatic rings. The summed E-state index contributed by atoms with van der Waals surface area (Å²) >= 11 is 0. The molecule has 0 aliphatic heterocycles. The van der Waals surface area contributed by atoms with E-state index in [0.717, 1.165) is 24.4 Å². The molecule has 0 saturated heterocycles. The van der Waals surface area contributed by atoms with Crippen LogP contribution in [0.1, 0.15) is 25.2 Å². The zero-order valence-electron chi connectivity index (χ0n) is 8.73. The van der Waals surface area contributed by atoms with Crippen LogP contribution in [0.2, 0.25) is 0 Å². The highest BCUT2D eigenvalue weighted by atomic mass is 16.5. The molecule has 0 spiro atoms. The summed E-state index contributed by atoms with van der Waals surface area (Å²) in [6.45, 7) is 5.41. The van der Waals surface area contributed by atoms with Crippen LogP contribution in [0.4, 0.5) is 0 Å². The Bertz CT molecular complexity index is 280. The average Bonchev–Trinajstić information content (AvgIpc) is 2.25. The average molecular weight is 192 g/mol. The summed E-state index contributed by atoms with van der Waals surface area (Å²) in [4.78, 5) is 8.39. The van der Waals surface area contributed by atoms with Crippen LogP contribution in [0.3, 0.4) is 0 Å². The second kappa shape index (κ2) is 6.27. The third-order valence-electron chi connectivity index (χ3n) is 1.77. The first-order valence-corrected chi connectivity index (χ1v) is 4.92. The molecular weight excluding hydrogens is 176 g/mol. The number of ether oxygens (including phenoxy) is 1. The molecule has 0 fully saturated rings. The lowest BCUT2D eigenvalue weighted by atomic mass is 10.3. The normalized spacial score (nSPS) is 11.0. The molecule has 0 atom stereocenters.